The molecule has 0 aliphatic carbocycles. The number of rotatable bonds is 2. The summed E-state index contributed by atoms with van der Waals surface area (Å²) in [6, 6.07) is 3.39. The molecule has 3 nitrogen and oxygen atoms in total. The fraction of sp³-hybridized carbons (Fsp3) is 0.500. The highest BCUT2D eigenvalue weighted by Gasteiger charge is 2.30. The van der Waals surface area contributed by atoms with Crippen molar-refractivity contribution in [2.45, 2.75) is 32.0 Å². The van der Waals surface area contributed by atoms with Crippen molar-refractivity contribution in [1.82, 2.24) is 0 Å². The highest BCUT2D eigenvalue weighted by Crippen LogP contribution is 2.22. The summed E-state index contributed by atoms with van der Waals surface area (Å²) in [5.41, 5.74) is 0. The van der Waals surface area contributed by atoms with Crippen molar-refractivity contribution in [2.24, 2.45) is 0 Å². The molecule has 1 saturated heterocycles. The Kier molecular flexibility index (Phi) is 2.19. The lowest BCUT2D eigenvalue weighted by atomic mass is 10.1. The normalized spacial score (nSPS) is 27.8. The third kappa shape index (κ3) is 1.65. The number of furan rings is 1. The summed E-state index contributed by atoms with van der Waals surface area (Å²) < 4.78 is 10.5. The molecule has 0 bridgehead atoms. The second-order valence-electron chi connectivity index (χ2n) is 3.35. The summed E-state index contributed by atoms with van der Waals surface area (Å²) in [5, 5.41) is 0. The highest BCUT2D eigenvalue weighted by molar-refractivity contribution is 5.97. The summed E-state index contributed by atoms with van der Waals surface area (Å²) in [7, 11) is 0. The van der Waals surface area contributed by atoms with E-state index in [-0.39, 0.29) is 18.0 Å². The van der Waals surface area contributed by atoms with Crippen LogP contribution >= 0.6 is 0 Å². The molecule has 1 fully saturated rings. The van der Waals surface area contributed by atoms with Gasteiger partial charge < -0.3 is 9.15 Å². The van der Waals surface area contributed by atoms with Crippen molar-refractivity contribution in [3.63, 3.8) is 0 Å². The SMILES string of the molecule is CC1CCC(C(=O)c2ccco2)O1. The Morgan fingerprint density at radius 2 is 2.38 bits per heavy atom. The number of hydrogen-bond acceptors (Lipinski definition) is 3. The quantitative estimate of drug-likeness (QED) is 0.654. The monoisotopic (exact) mass is 180 g/mol. The van der Waals surface area contributed by atoms with Crippen LogP contribution in [0.4, 0.5) is 0 Å². The second kappa shape index (κ2) is 3.34. The fourth-order valence-corrected chi connectivity index (χ4v) is 1.57. The van der Waals surface area contributed by atoms with E-state index >= 15 is 0 Å². The fourth-order valence-electron chi connectivity index (χ4n) is 1.57. The molecule has 0 N–H and O–H groups in total. The number of ether oxygens (including phenoxy) is 1. The topological polar surface area (TPSA) is 39.4 Å². The Bertz CT molecular complexity index is 289. The van der Waals surface area contributed by atoms with Crippen molar-refractivity contribution in [3.05, 3.63) is 24.2 Å². The summed E-state index contributed by atoms with van der Waals surface area (Å²) in [6.45, 7) is 1.98. The summed E-state index contributed by atoms with van der Waals surface area (Å²) in [6.07, 6.45) is 3.17. The molecule has 0 radical (unpaired) electrons. The zero-order valence-corrected chi connectivity index (χ0v) is 7.53. The van der Waals surface area contributed by atoms with Crippen LogP contribution in [-0.2, 0) is 4.74 Å². The van der Waals surface area contributed by atoms with Gasteiger partial charge in [-0.3, -0.25) is 4.79 Å². The van der Waals surface area contributed by atoms with Gasteiger partial charge in [-0.2, -0.15) is 0 Å². The minimum Gasteiger partial charge on any atom is -0.461 e. The minimum absolute atomic E-state index is 0.0330. The summed E-state index contributed by atoms with van der Waals surface area (Å²) in [4.78, 5) is 11.6. The molecule has 70 valence electrons. The first-order valence-electron chi connectivity index (χ1n) is 4.50. The maximum Gasteiger partial charge on any atom is 0.226 e. The molecule has 1 aliphatic rings. The van der Waals surface area contributed by atoms with Crippen molar-refractivity contribution in [3.8, 4) is 0 Å². The van der Waals surface area contributed by atoms with Crippen LogP contribution in [0.15, 0.2) is 22.8 Å². The average molecular weight is 180 g/mol. The van der Waals surface area contributed by atoms with Gasteiger partial charge in [0.2, 0.25) is 5.78 Å². The van der Waals surface area contributed by atoms with E-state index in [4.69, 9.17) is 9.15 Å². The van der Waals surface area contributed by atoms with Crippen molar-refractivity contribution < 1.29 is 13.9 Å². The third-order valence-electron chi connectivity index (χ3n) is 2.29. The number of ketones is 1. The lowest BCUT2D eigenvalue weighted by Crippen LogP contribution is -2.20. The lowest BCUT2D eigenvalue weighted by molar-refractivity contribution is 0.0411. The molecule has 0 aromatic carbocycles. The first kappa shape index (κ1) is 8.51. The van der Waals surface area contributed by atoms with E-state index in [9.17, 15) is 4.79 Å². The molecule has 1 aromatic heterocycles. The van der Waals surface area contributed by atoms with Crippen molar-refractivity contribution in [2.75, 3.05) is 0 Å². The first-order chi connectivity index (χ1) is 6.27. The van der Waals surface area contributed by atoms with Gasteiger partial charge in [0, 0.05) is 0 Å². The summed E-state index contributed by atoms with van der Waals surface area (Å²) in [5.74, 6) is 0.369. The van der Waals surface area contributed by atoms with Gasteiger partial charge in [-0.25, -0.2) is 0 Å². The maximum absolute atomic E-state index is 11.6. The van der Waals surface area contributed by atoms with E-state index in [0.717, 1.165) is 12.8 Å². The van der Waals surface area contributed by atoms with Crippen LogP contribution in [0.5, 0.6) is 0 Å². The predicted molar refractivity (Wildman–Crippen MR) is 46.6 cm³/mol. The molecular weight excluding hydrogens is 168 g/mol. The Labute approximate surface area is 76.7 Å². The van der Waals surface area contributed by atoms with Gasteiger partial charge in [0.1, 0.15) is 6.10 Å². The van der Waals surface area contributed by atoms with Crippen LogP contribution in [0.1, 0.15) is 30.3 Å². The van der Waals surface area contributed by atoms with Crippen LogP contribution < -0.4 is 0 Å². The molecule has 0 spiro atoms. The molecule has 3 heteroatoms. The number of Topliss-reactive ketones (excluding diaryl/α,β-unsaturated/α-hetero) is 1. The molecule has 2 heterocycles. The van der Waals surface area contributed by atoms with Gasteiger partial charge >= 0.3 is 0 Å². The Morgan fingerprint density at radius 1 is 1.54 bits per heavy atom. The molecular formula is C10H12O3. The molecule has 0 saturated carbocycles. The van der Waals surface area contributed by atoms with Gasteiger partial charge in [0.25, 0.3) is 0 Å². The largest absolute Gasteiger partial charge is 0.461 e. The van der Waals surface area contributed by atoms with E-state index in [1.807, 2.05) is 6.92 Å². The van der Waals surface area contributed by atoms with Gasteiger partial charge in [0.15, 0.2) is 5.76 Å². The van der Waals surface area contributed by atoms with Gasteiger partial charge in [-0.05, 0) is 31.9 Å². The molecule has 13 heavy (non-hydrogen) atoms. The molecule has 2 atom stereocenters. The Balaban J connectivity index is 2.06. The van der Waals surface area contributed by atoms with E-state index in [1.54, 1.807) is 12.1 Å². The van der Waals surface area contributed by atoms with Crippen LogP contribution in [0.25, 0.3) is 0 Å². The lowest BCUT2D eigenvalue weighted by Gasteiger charge is -2.07. The molecule has 2 unspecified atom stereocenters. The molecule has 1 aromatic rings. The minimum atomic E-state index is -0.291. The predicted octanol–water partition coefficient (Wildman–Crippen LogP) is 2.03. The highest BCUT2D eigenvalue weighted by atomic mass is 16.5. The van der Waals surface area contributed by atoms with E-state index in [2.05, 4.69) is 0 Å². The van der Waals surface area contributed by atoms with E-state index in [0.29, 0.717) is 5.76 Å². The van der Waals surface area contributed by atoms with Gasteiger partial charge in [-0.15, -0.1) is 0 Å². The van der Waals surface area contributed by atoms with Crippen LogP contribution in [0, 0.1) is 0 Å². The van der Waals surface area contributed by atoms with E-state index < -0.39 is 0 Å². The molecule has 1 aliphatic heterocycles. The second-order valence-corrected chi connectivity index (χ2v) is 3.35. The van der Waals surface area contributed by atoms with Crippen molar-refractivity contribution >= 4 is 5.78 Å². The summed E-state index contributed by atoms with van der Waals surface area (Å²) >= 11 is 0. The van der Waals surface area contributed by atoms with Crippen LogP contribution in [0.3, 0.4) is 0 Å². The Hall–Kier alpha value is -1.09. The first-order valence-corrected chi connectivity index (χ1v) is 4.50. The zero-order chi connectivity index (χ0) is 9.26. The van der Waals surface area contributed by atoms with Gasteiger partial charge in [0.05, 0.1) is 12.4 Å². The molecule has 2 rings (SSSR count). The number of hydrogen-bond donors (Lipinski definition) is 0. The van der Waals surface area contributed by atoms with E-state index in [1.165, 1.54) is 6.26 Å². The number of carbonyl (C=O) groups excluding carboxylic acids is 1. The van der Waals surface area contributed by atoms with Crippen LogP contribution in [0.2, 0.25) is 0 Å². The van der Waals surface area contributed by atoms with Crippen molar-refractivity contribution in [1.29, 1.82) is 0 Å². The zero-order valence-electron chi connectivity index (χ0n) is 7.53. The molecule has 0 amide bonds. The Morgan fingerprint density at radius 3 is 2.92 bits per heavy atom. The van der Waals surface area contributed by atoms with Crippen LogP contribution in [-0.4, -0.2) is 18.0 Å². The van der Waals surface area contributed by atoms with Gasteiger partial charge in [-0.1, -0.05) is 0 Å². The number of carbonyl (C=O) groups is 1. The standard InChI is InChI=1S/C10H12O3/c1-7-4-5-9(13-7)10(11)8-3-2-6-12-8/h2-3,6-7,9H,4-5H2,1H3. The average Bonchev–Trinajstić information content (AvgIpc) is 2.72. The maximum atomic E-state index is 11.6. The third-order valence-corrected chi connectivity index (χ3v) is 2.29. The smallest absolute Gasteiger partial charge is 0.226 e.